The van der Waals surface area contributed by atoms with Gasteiger partial charge in [0.25, 0.3) is 0 Å². The van der Waals surface area contributed by atoms with E-state index in [1.54, 1.807) is 11.0 Å². The molecule has 22 heavy (non-hydrogen) atoms. The van der Waals surface area contributed by atoms with E-state index in [1.807, 2.05) is 38.0 Å². The van der Waals surface area contributed by atoms with Gasteiger partial charge in [-0.05, 0) is 12.8 Å². The zero-order chi connectivity index (χ0) is 15.9. The molecule has 0 aliphatic carbocycles. The van der Waals surface area contributed by atoms with Crippen LogP contribution in [0.3, 0.4) is 0 Å². The minimum absolute atomic E-state index is 0.0673. The van der Waals surface area contributed by atoms with Crippen molar-refractivity contribution in [3.8, 4) is 0 Å². The van der Waals surface area contributed by atoms with Crippen LogP contribution in [0.1, 0.15) is 31.4 Å². The van der Waals surface area contributed by atoms with Gasteiger partial charge in [-0.25, -0.2) is 15.0 Å². The van der Waals surface area contributed by atoms with Crippen molar-refractivity contribution in [1.82, 2.24) is 29.3 Å². The number of aromatic nitrogens is 6. The summed E-state index contributed by atoms with van der Waals surface area (Å²) < 4.78 is 3.81. The van der Waals surface area contributed by atoms with E-state index in [-0.39, 0.29) is 6.04 Å². The van der Waals surface area contributed by atoms with Crippen LogP contribution in [0.4, 0.5) is 5.82 Å². The van der Waals surface area contributed by atoms with Gasteiger partial charge in [-0.1, -0.05) is 13.8 Å². The van der Waals surface area contributed by atoms with Gasteiger partial charge in [0.1, 0.15) is 18.0 Å². The quantitative estimate of drug-likeness (QED) is 0.799. The van der Waals surface area contributed by atoms with Crippen molar-refractivity contribution < 1.29 is 0 Å². The van der Waals surface area contributed by atoms with Gasteiger partial charge in [-0.3, -0.25) is 4.68 Å². The normalized spacial score (nSPS) is 13.0. The molecule has 0 saturated heterocycles. The van der Waals surface area contributed by atoms with Crippen LogP contribution < -0.4 is 5.32 Å². The molecule has 0 unspecified atom stereocenters. The number of hydrogen-bond acceptors (Lipinski definition) is 5. The van der Waals surface area contributed by atoms with Crippen molar-refractivity contribution in [2.75, 3.05) is 5.32 Å². The van der Waals surface area contributed by atoms with Crippen LogP contribution in [0.25, 0.3) is 11.0 Å². The van der Waals surface area contributed by atoms with Crippen LogP contribution in [0.5, 0.6) is 0 Å². The summed E-state index contributed by atoms with van der Waals surface area (Å²) >= 11 is 0. The van der Waals surface area contributed by atoms with E-state index in [1.165, 1.54) is 0 Å². The molecule has 0 saturated carbocycles. The summed E-state index contributed by atoms with van der Waals surface area (Å²) in [5, 5.41) is 8.93. The topological polar surface area (TPSA) is 73.5 Å². The van der Waals surface area contributed by atoms with E-state index in [2.05, 4.69) is 39.2 Å². The first-order valence-corrected chi connectivity index (χ1v) is 7.37. The molecule has 0 fully saturated rings. The number of anilines is 1. The summed E-state index contributed by atoms with van der Waals surface area (Å²) in [4.78, 5) is 13.2. The van der Waals surface area contributed by atoms with Crippen LogP contribution in [0, 0.1) is 12.8 Å². The molecule has 3 heterocycles. The molecule has 0 aromatic carbocycles. The van der Waals surface area contributed by atoms with E-state index in [9.17, 15) is 0 Å². The maximum atomic E-state index is 4.48. The fraction of sp³-hybridized carbons (Fsp3) is 0.467. The smallest absolute Gasteiger partial charge is 0.163 e. The lowest BCUT2D eigenvalue weighted by atomic mass is 10.0. The van der Waals surface area contributed by atoms with Gasteiger partial charge in [0.15, 0.2) is 5.65 Å². The second-order valence-corrected chi connectivity index (χ2v) is 5.89. The molecule has 3 aromatic rings. The lowest BCUT2D eigenvalue weighted by Crippen LogP contribution is -2.21. The van der Waals surface area contributed by atoms with Gasteiger partial charge in [-0.2, -0.15) is 5.10 Å². The predicted molar refractivity (Wildman–Crippen MR) is 85.5 cm³/mol. The highest BCUT2D eigenvalue weighted by Gasteiger charge is 2.22. The molecule has 3 aromatic heterocycles. The van der Waals surface area contributed by atoms with Gasteiger partial charge in [0.05, 0.1) is 17.1 Å². The molecule has 3 rings (SSSR count). The van der Waals surface area contributed by atoms with E-state index in [0.717, 1.165) is 28.4 Å². The van der Waals surface area contributed by atoms with Gasteiger partial charge in [0, 0.05) is 26.5 Å². The zero-order valence-electron chi connectivity index (χ0n) is 13.6. The second kappa shape index (κ2) is 5.40. The summed E-state index contributed by atoms with van der Waals surface area (Å²) in [6.07, 6.45) is 5.34. The molecular weight excluding hydrogens is 278 g/mol. The maximum Gasteiger partial charge on any atom is 0.163 e. The Bertz CT molecular complexity index is 799. The molecule has 1 N–H and O–H groups in total. The summed E-state index contributed by atoms with van der Waals surface area (Å²) in [7, 11) is 3.90. The first kappa shape index (κ1) is 14.5. The first-order valence-electron chi connectivity index (χ1n) is 7.37. The Morgan fingerprint density at radius 1 is 1.14 bits per heavy atom. The maximum absolute atomic E-state index is 4.48. The highest BCUT2D eigenvalue weighted by molar-refractivity contribution is 5.89. The standard InChI is InChI=1S/C15H21N7/c1-9(2)12(15-16-6-7-21(15)4)19-13-11-10(3)20-22(5)14(11)18-8-17-13/h6-9,12H,1-5H3,(H,17,18,19)/t12-/m0/s1. The lowest BCUT2D eigenvalue weighted by Gasteiger charge is -2.23. The van der Waals surface area contributed by atoms with E-state index in [0.29, 0.717) is 5.92 Å². The third kappa shape index (κ3) is 2.32. The third-order valence-electron chi connectivity index (χ3n) is 3.89. The van der Waals surface area contributed by atoms with Gasteiger partial charge in [-0.15, -0.1) is 0 Å². The lowest BCUT2D eigenvalue weighted by molar-refractivity contribution is 0.507. The Hall–Kier alpha value is -2.44. The summed E-state index contributed by atoms with van der Waals surface area (Å²) in [5.41, 5.74) is 1.75. The fourth-order valence-electron chi connectivity index (χ4n) is 2.74. The Balaban J connectivity index is 2.06. The highest BCUT2D eigenvalue weighted by atomic mass is 15.3. The van der Waals surface area contributed by atoms with E-state index in [4.69, 9.17) is 0 Å². The number of aryl methyl sites for hydroxylation is 3. The molecule has 0 bridgehead atoms. The number of nitrogens with one attached hydrogen (secondary N) is 1. The summed E-state index contributed by atoms with van der Waals surface area (Å²) in [5.74, 6) is 2.16. The average molecular weight is 299 g/mol. The SMILES string of the molecule is Cc1nn(C)c2ncnc(N[C@H](c3nccn3C)C(C)C)c12. The van der Waals surface area contributed by atoms with Crippen LogP contribution in [0.2, 0.25) is 0 Å². The van der Waals surface area contributed by atoms with Crippen LogP contribution in [0.15, 0.2) is 18.7 Å². The fourth-order valence-corrected chi connectivity index (χ4v) is 2.74. The highest BCUT2D eigenvalue weighted by Crippen LogP contribution is 2.29. The van der Waals surface area contributed by atoms with Crippen molar-refractivity contribution in [3.05, 3.63) is 30.2 Å². The summed E-state index contributed by atoms with van der Waals surface area (Å²) in [6.45, 7) is 6.31. The van der Waals surface area contributed by atoms with Crippen molar-refractivity contribution >= 4 is 16.9 Å². The first-order chi connectivity index (χ1) is 10.5. The number of imidazole rings is 1. The molecule has 7 heteroatoms. The molecule has 116 valence electrons. The molecule has 0 amide bonds. The Kier molecular flexibility index (Phi) is 3.56. The average Bonchev–Trinajstić information content (AvgIpc) is 3.01. The molecule has 0 aliphatic heterocycles. The minimum atomic E-state index is 0.0673. The third-order valence-corrected chi connectivity index (χ3v) is 3.89. The van der Waals surface area contributed by atoms with Crippen molar-refractivity contribution in [1.29, 1.82) is 0 Å². The van der Waals surface area contributed by atoms with Gasteiger partial charge in [0.2, 0.25) is 0 Å². The summed E-state index contributed by atoms with van der Waals surface area (Å²) in [6, 6.07) is 0.0673. The van der Waals surface area contributed by atoms with Crippen LogP contribution >= 0.6 is 0 Å². The second-order valence-electron chi connectivity index (χ2n) is 5.89. The van der Waals surface area contributed by atoms with E-state index >= 15 is 0 Å². The molecule has 0 radical (unpaired) electrons. The molecule has 7 nitrogen and oxygen atoms in total. The Labute approximate surface area is 129 Å². The van der Waals surface area contributed by atoms with Crippen molar-refractivity contribution in [2.24, 2.45) is 20.0 Å². The number of rotatable bonds is 4. The monoisotopic (exact) mass is 299 g/mol. The van der Waals surface area contributed by atoms with Crippen LogP contribution in [-0.2, 0) is 14.1 Å². The molecule has 0 spiro atoms. The van der Waals surface area contributed by atoms with Crippen LogP contribution in [-0.4, -0.2) is 29.3 Å². The molecule has 0 aliphatic rings. The minimum Gasteiger partial charge on any atom is -0.359 e. The number of fused-ring (bicyclic) bond motifs is 1. The van der Waals surface area contributed by atoms with E-state index < -0.39 is 0 Å². The number of hydrogen-bond donors (Lipinski definition) is 1. The van der Waals surface area contributed by atoms with Gasteiger partial charge < -0.3 is 9.88 Å². The Morgan fingerprint density at radius 3 is 2.55 bits per heavy atom. The Morgan fingerprint density at radius 2 is 1.91 bits per heavy atom. The number of nitrogens with zero attached hydrogens (tertiary/aromatic N) is 6. The zero-order valence-corrected chi connectivity index (χ0v) is 13.6. The molecular formula is C15H21N7. The van der Waals surface area contributed by atoms with Gasteiger partial charge >= 0.3 is 0 Å². The largest absolute Gasteiger partial charge is 0.359 e. The van der Waals surface area contributed by atoms with Crippen molar-refractivity contribution in [3.63, 3.8) is 0 Å². The molecule has 1 atom stereocenters. The predicted octanol–water partition coefficient (Wildman–Crippen LogP) is 2.21. The van der Waals surface area contributed by atoms with Crippen molar-refractivity contribution in [2.45, 2.75) is 26.8 Å².